The number of carbonyl (C=O) groups is 1. The molecule has 32 heavy (non-hydrogen) atoms. The van der Waals surface area contributed by atoms with Gasteiger partial charge in [0.1, 0.15) is 11.9 Å². The number of esters is 1. The third-order valence-corrected chi connectivity index (χ3v) is 6.26. The summed E-state index contributed by atoms with van der Waals surface area (Å²) in [6, 6.07) is 11.9. The van der Waals surface area contributed by atoms with E-state index < -0.39 is 12.0 Å². The van der Waals surface area contributed by atoms with Crippen LogP contribution in [0.2, 0.25) is 0 Å². The Hall–Kier alpha value is -3.13. The van der Waals surface area contributed by atoms with Crippen LogP contribution in [0, 0.1) is 19.7 Å². The molecule has 166 valence electrons. The highest BCUT2D eigenvalue weighted by Gasteiger charge is 2.35. The Labute approximate surface area is 190 Å². The van der Waals surface area contributed by atoms with Crippen LogP contribution in [-0.2, 0) is 15.3 Å². The molecule has 2 heterocycles. The van der Waals surface area contributed by atoms with Gasteiger partial charge < -0.3 is 10.1 Å². The first-order valence-corrected chi connectivity index (χ1v) is 11.4. The van der Waals surface area contributed by atoms with E-state index in [2.05, 4.69) is 42.3 Å². The number of nitrogens with one attached hydrogen (secondary N) is 1. The Morgan fingerprint density at radius 1 is 1.19 bits per heavy atom. The molecule has 6 nitrogen and oxygen atoms in total. The Kier molecular flexibility index (Phi) is 6.32. The molecule has 0 amide bonds. The molecule has 0 spiro atoms. The van der Waals surface area contributed by atoms with Crippen molar-refractivity contribution in [3.8, 4) is 0 Å². The number of benzene rings is 2. The van der Waals surface area contributed by atoms with Gasteiger partial charge in [-0.15, -0.1) is 5.10 Å². The average Bonchev–Trinajstić information content (AvgIpc) is 3.15. The molecule has 0 bridgehead atoms. The number of halogens is 1. The van der Waals surface area contributed by atoms with Gasteiger partial charge in [0.15, 0.2) is 0 Å². The minimum Gasteiger partial charge on any atom is -0.463 e. The number of anilines is 1. The molecular formula is C24H25FN4O2S. The van der Waals surface area contributed by atoms with E-state index in [4.69, 9.17) is 9.84 Å². The highest BCUT2D eigenvalue weighted by Crippen LogP contribution is 2.37. The van der Waals surface area contributed by atoms with Crippen LogP contribution in [0.3, 0.4) is 0 Å². The molecule has 2 aromatic carbocycles. The Balaban J connectivity index is 1.68. The summed E-state index contributed by atoms with van der Waals surface area (Å²) in [5, 5.41) is 8.46. The number of nitrogens with zero attached hydrogens (tertiary/aromatic N) is 3. The first kappa shape index (κ1) is 22.1. The number of rotatable bonds is 6. The summed E-state index contributed by atoms with van der Waals surface area (Å²) in [4.78, 5) is 17.4. The zero-order valence-corrected chi connectivity index (χ0v) is 19.3. The van der Waals surface area contributed by atoms with Crippen LogP contribution < -0.4 is 5.32 Å². The summed E-state index contributed by atoms with van der Waals surface area (Å²) in [5.74, 6) is 0.489. The maximum Gasteiger partial charge on any atom is 0.338 e. The van der Waals surface area contributed by atoms with Crippen LogP contribution >= 0.6 is 11.8 Å². The summed E-state index contributed by atoms with van der Waals surface area (Å²) < 4.78 is 20.5. The molecule has 1 aliphatic heterocycles. The van der Waals surface area contributed by atoms with Crippen molar-refractivity contribution in [3.05, 3.63) is 81.8 Å². The zero-order valence-electron chi connectivity index (χ0n) is 18.5. The summed E-state index contributed by atoms with van der Waals surface area (Å²) in [5.41, 5.74) is 5.48. The van der Waals surface area contributed by atoms with Crippen LogP contribution in [0.15, 0.2) is 58.9 Å². The second kappa shape index (κ2) is 9.16. The highest BCUT2D eigenvalue weighted by molar-refractivity contribution is 7.98. The van der Waals surface area contributed by atoms with E-state index in [0.717, 1.165) is 11.3 Å². The summed E-state index contributed by atoms with van der Waals surface area (Å²) in [6.45, 7) is 8.00. The van der Waals surface area contributed by atoms with E-state index in [0.29, 0.717) is 22.4 Å². The van der Waals surface area contributed by atoms with Crippen molar-refractivity contribution in [1.82, 2.24) is 14.8 Å². The van der Waals surface area contributed by atoms with Crippen molar-refractivity contribution in [3.63, 3.8) is 0 Å². The van der Waals surface area contributed by atoms with E-state index >= 15 is 0 Å². The normalized spacial score (nSPS) is 15.3. The summed E-state index contributed by atoms with van der Waals surface area (Å²) >= 11 is 1.53. The summed E-state index contributed by atoms with van der Waals surface area (Å²) in [6.07, 6.45) is 0. The maximum absolute atomic E-state index is 13.6. The van der Waals surface area contributed by atoms with Crippen molar-refractivity contribution in [1.29, 1.82) is 0 Å². The fraction of sp³-hybridized carbons (Fsp3) is 0.292. The van der Waals surface area contributed by atoms with E-state index in [-0.39, 0.29) is 12.4 Å². The van der Waals surface area contributed by atoms with Crippen LogP contribution in [0.25, 0.3) is 0 Å². The lowest BCUT2D eigenvalue weighted by Crippen LogP contribution is -2.29. The predicted octanol–water partition coefficient (Wildman–Crippen LogP) is 5.18. The minimum atomic E-state index is -0.561. The number of allylic oxidation sites excluding steroid dienone is 1. The maximum atomic E-state index is 13.6. The lowest BCUT2D eigenvalue weighted by atomic mass is 9.96. The van der Waals surface area contributed by atoms with Gasteiger partial charge in [-0.2, -0.15) is 4.98 Å². The lowest BCUT2D eigenvalue weighted by Gasteiger charge is -2.28. The number of aryl methyl sites for hydroxylation is 2. The van der Waals surface area contributed by atoms with Gasteiger partial charge in [-0.1, -0.05) is 47.7 Å². The molecule has 0 saturated carbocycles. The number of hydrogen-bond acceptors (Lipinski definition) is 6. The molecule has 1 N–H and O–H groups in total. The van der Waals surface area contributed by atoms with Gasteiger partial charge in [-0.05, 0) is 56.5 Å². The number of aromatic nitrogens is 3. The number of fused-ring (bicyclic) bond motifs is 1. The van der Waals surface area contributed by atoms with Crippen molar-refractivity contribution in [2.45, 2.75) is 44.6 Å². The lowest BCUT2D eigenvalue weighted by molar-refractivity contribution is -0.139. The molecule has 0 unspecified atom stereocenters. The standard InChI is InChI=1S/C24H25FN4O2S/c1-5-31-22(30)20-16(4)26-23-27-24(32-13-18-7-6-14(2)12-15(18)3)28-29(23)21(20)17-8-10-19(25)11-9-17/h6-12,21H,5,13H2,1-4H3,(H,26,27,28)/t21-/m1/s1. The van der Waals surface area contributed by atoms with Crippen molar-refractivity contribution in [2.24, 2.45) is 0 Å². The van der Waals surface area contributed by atoms with Crippen LogP contribution in [0.4, 0.5) is 10.3 Å². The Morgan fingerprint density at radius 2 is 1.94 bits per heavy atom. The smallest absolute Gasteiger partial charge is 0.338 e. The average molecular weight is 453 g/mol. The second-order valence-electron chi connectivity index (χ2n) is 7.72. The number of carbonyl (C=O) groups excluding carboxylic acids is 1. The van der Waals surface area contributed by atoms with E-state index in [1.807, 2.05) is 6.92 Å². The van der Waals surface area contributed by atoms with Crippen molar-refractivity contribution >= 4 is 23.7 Å². The number of thioether (sulfide) groups is 1. The van der Waals surface area contributed by atoms with E-state index in [1.165, 1.54) is 40.6 Å². The molecule has 1 atom stereocenters. The van der Waals surface area contributed by atoms with Gasteiger partial charge in [-0.25, -0.2) is 13.9 Å². The first-order valence-electron chi connectivity index (χ1n) is 10.4. The molecular weight excluding hydrogens is 427 g/mol. The SMILES string of the molecule is CCOC(=O)C1=C(C)Nc2nc(SCc3ccc(C)cc3C)nn2[C@@H]1c1ccc(F)cc1. The zero-order chi connectivity index (χ0) is 22.8. The Bertz CT molecular complexity index is 1190. The topological polar surface area (TPSA) is 69.0 Å². The minimum absolute atomic E-state index is 0.257. The van der Waals surface area contributed by atoms with Crippen LogP contribution in [-0.4, -0.2) is 27.3 Å². The van der Waals surface area contributed by atoms with E-state index in [9.17, 15) is 9.18 Å². The third-order valence-electron chi connectivity index (χ3n) is 5.37. The molecule has 0 saturated heterocycles. The monoisotopic (exact) mass is 452 g/mol. The Morgan fingerprint density at radius 3 is 2.62 bits per heavy atom. The predicted molar refractivity (Wildman–Crippen MR) is 123 cm³/mol. The molecule has 0 aliphatic carbocycles. The molecule has 3 aromatic rings. The third kappa shape index (κ3) is 4.41. The highest BCUT2D eigenvalue weighted by atomic mass is 32.2. The molecule has 4 rings (SSSR count). The second-order valence-corrected chi connectivity index (χ2v) is 8.66. The van der Waals surface area contributed by atoms with Gasteiger partial charge in [0.25, 0.3) is 0 Å². The molecule has 8 heteroatoms. The van der Waals surface area contributed by atoms with Gasteiger partial charge in [0.2, 0.25) is 11.1 Å². The van der Waals surface area contributed by atoms with Crippen LogP contribution in [0.1, 0.15) is 42.1 Å². The molecule has 0 radical (unpaired) electrons. The van der Waals surface area contributed by atoms with Gasteiger partial charge in [0.05, 0.1) is 12.2 Å². The largest absolute Gasteiger partial charge is 0.463 e. The molecule has 0 fully saturated rings. The van der Waals surface area contributed by atoms with Crippen molar-refractivity contribution < 1.29 is 13.9 Å². The quantitative estimate of drug-likeness (QED) is 0.411. The fourth-order valence-corrected chi connectivity index (χ4v) is 4.67. The summed E-state index contributed by atoms with van der Waals surface area (Å²) in [7, 11) is 0. The van der Waals surface area contributed by atoms with Gasteiger partial charge in [0, 0.05) is 11.4 Å². The first-order chi connectivity index (χ1) is 15.4. The number of hydrogen-bond donors (Lipinski definition) is 1. The van der Waals surface area contributed by atoms with Gasteiger partial charge in [-0.3, -0.25) is 0 Å². The van der Waals surface area contributed by atoms with Crippen molar-refractivity contribution in [2.75, 3.05) is 11.9 Å². The number of ether oxygens (including phenoxy) is 1. The molecule has 1 aromatic heterocycles. The fourth-order valence-electron chi connectivity index (χ4n) is 3.77. The van der Waals surface area contributed by atoms with Gasteiger partial charge >= 0.3 is 5.97 Å². The molecule has 1 aliphatic rings. The van der Waals surface area contributed by atoms with E-state index in [1.54, 1.807) is 23.7 Å². The van der Waals surface area contributed by atoms with Crippen LogP contribution in [0.5, 0.6) is 0 Å².